The minimum absolute atomic E-state index is 0.250. The Morgan fingerprint density at radius 3 is 2.24 bits per heavy atom. The maximum absolute atomic E-state index is 11.0. The van der Waals surface area contributed by atoms with Crippen molar-refractivity contribution >= 4 is 5.97 Å². The van der Waals surface area contributed by atoms with Crippen molar-refractivity contribution in [2.24, 2.45) is 5.92 Å². The molecule has 0 spiro atoms. The third-order valence-electron chi connectivity index (χ3n) is 3.56. The topological polar surface area (TPSA) is 63.1 Å². The highest BCUT2D eigenvalue weighted by molar-refractivity contribution is 5.89. The molecule has 0 amide bonds. The molecule has 2 atom stereocenters. The Morgan fingerprint density at radius 2 is 1.82 bits per heavy atom. The van der Waals surface area contributed by atoms with Gasteiger partial charge in [0.2, 0.25) is 0 Å². The van der Waals surface area contributed by atoms with Crippen molar-refractivity contribution in [1.82, 2.24) is 9.97 Å². The van der Waals surface area contributed by atoms with Gasteiger partial charge in [-0.05, 0) is 39.0 Å². The number of rotatable bonds is 2. The van der Waals surface area contributed by atoms with E-state index in [4.69, 9.17) is 5.11 Å². The predicted octanol–water partition coefficient (Wildman–Crippen LogP) is 2.70. The van der Waals surface area contributed by atoms with E-state index in [-0.39, 0.29) is 5.56 Å². The van der Waals surface area contributed by atoms with Gasteiger partial charge in [-0.1, -0.05) is 6.92 Å². The van der Waals surface area contributed by atoms with Crippen LogP contribution in [0.3, 0.4) is 0 Å². The molecule has 92 valence electrons. The summed E-state index contributed by atoms with van der Waals surface area (Å²) in [6.07, 6.45) is 3.45. The lowest BCUT2D eigenvalue weighted by atomic mass is 10.0. The van der Waals surface area contributed by atoms with Crippen LogP contribution in [0.2, 0.25) is 0 Å². The van der Waals surface area contributed by atoms with Crippen molar-refractivity contribution in [1.29, 1.82) is 0 Å². The van der Waals surface area contributed by atoms with Crippen LogP contribution >= 0.6 is 0 Å². The van der Waals surface area contributed by atoms with E-state index in [2.05, 4.69) is 16.9 Å². The molecule has 2 rings (SSSR count). The highest BCUT2D eigenvalue weighted by atomic mass is 16.4. The normalized spacial score (nSPS) is 23.9. The van der Waals surface area contributed by atoms with E-state index >= 15 is 0 Å². The van der Waals surface area contributed by atoms with E-state index in [0.29, 0.717) is 17.3 Å². The number of aryl methyl sites for hydroxylation is 2. The third kappa shape index (κ3) is 2.30. The molecular weight excluding hydrogens is 216 g/mol. The Balaban J connectivity index is 2.35. The molecule has 0 aromatic carbocycles. The number of hydrogen-bond acceptors (Lipinski definition) is 3. The quantitative estimate of drug-likeness (QED) is 0.854. The molecule has 1 fully saturated rings. The molecule has 1 saturated carbocycles. The van der Waals surface area contributed by atoms with E-state index in [9.17, 15) is 4.79 Å². The molecule has 17 heavy (non-hydrogen) atoms. The van der Waals surface area contributed by atoms with Gasteiger partial charge in [-0.15, -0.1) is 0 Å². The Morgan fingerprint density at radius 1 is 1.24 bits per heavy atom. The monoisotopic (exact) mass is 234 g/mol. The number of hydrogen-bond donors (Lipinski definition) is 1. The SMILES string of the molecule is Cc1nc(C2CCC(C)C2)nc(C)c1C(=O)O. The van der Waals surface area contributed by atoms with Crippen molar-refractivity contribution in [2.45, 2.75) is 46.0 Å². The van der Waals surface area contributed by atoms with Crippen LogP contribution in [0.25, 0.3) is 0 Å². The summed E-state index contributed by atoms with van der Waals surface area (Å²) >= 11 is 0. The first kappa shape index (κ1) is 12.0. The average Bonchev–Trinajstić information content (AvgIpc) is 2.63. The van der Waals surface area contributed by atoms with Crippen LogP contribution in [0.1, 0.15) is 59.7 Å². The van der Waals surface area contributed by atoms with Crippen molar-refractivity contribution in [2.75, 3.05) is 0 Å². The molecule has 0 aliphatic heterocycles. The molecule has 0 radical (unpaired) electrons. The zero-order valence-electron chi connectivity index (χ0n) is 10.5. The van der Waals surface area contributed by atoms with Crippen LogP contribution in [0, 0.1) is 19.8 Å². The smallest absolute Gasteiger partial charge is 0.339 e. The largest absolute Gasteiger partial charge is 0.478 e. The van der Waals surface area contributed by atoms with Crippen molar-refractivity contribution < 1.29 is 9.90 Å². The number of aromatic nitrogens is 2. The highest BCUT2D eigenvalue weighted by Crippen LogP contribution is 2.36. The summed E-state index contributed by atoms with van der Waals surface area (Å²) < 4.78 is 0. The first-order chi connectivity index (χ1) is 7.99. The fourth-order valence-electron chi connectivity index (χ4n) is 2.68. The molecule has 4 heteroatoms. The Hall–Kier alpha value is -1.45. The summed E-state index contributed by atoms with van der Waals surface area (Å²) in [4.78, 5) is 19.8. The van der Waals surface area contributed by atoms with Gasteiger partial charge in [0.1, 0.15) is 11.4 Å². The van der Waals surface area contributed by atoms with E-state index < -0.39 is 5.97 Å². The Labute approximate surface area is 101 Å². The molecule has 0 bridgehead atoms. The van der Waals surface area contributed by atoms with Gasteiger partial charge in [0.05, 0.1) is 11.4 Å². The van der Waals surface area contributed by atoms with Gasteiger partial charge in [0.25, 0.3) is 0 Å². The maximum atomic E-state index is 11.0. The van der Waals surface area contributed by atoms with E-state index in [0.717, 1.165) is 24.6 Å². The molecule has 2 unspecified atom stereocenters. The van der Waals surface area contributed by atoms with Crippen molar-refractivity contribution in [3.05, 3.63) is 22.8 Å². The van der Waals surface area contributed by atoms with Crippen LogP contribution in [0.15, 0.2) is 0 Å². The standard InChI is InChI=1S/C13H18N2O2/c1-7-4-5-10(6-7)12-14-8(2)11(13(16)17)9(3)15-12/h7,10H,4-6H2,1-3H3,(H,16,17). The van der Waals surface area contributed by atoms with E-state index in [1.54, 1.807) is 13.8 Å². The molecular formula is C13H18N2O2. The highest BCUT2D eigenvalue weighted by Gasteiger charge is 2.26. The lowest BCUT2D eigenvalue weighted by Gasteiger charge is -2.12. The van der Waals surface area contributed by atoms with Gasteiger partial charge in [0.15, 0.2) is 0 Å². The van der Waals surface area contributed by atoms with E-state index in [1.807, 2.05) is 0 Å². The first-order valence-electron chi connectivity index (χ1n) is 6.07. The minimum Gasteiger partial charge on any atom is -0.478 e. The van der Waals surface area contributed by atoms with Gasteiger partial charge < -0.3 is 5.11 Å². The van der Waals surface area contributed by atoms with Crippen molar-refractivity contribution in [3.63, 3.8) is 0 Å². The summed E-state index contributed by atoms with van der Waals surface area (Å²) in [7, 11) is 0. The summed E-state index contributed by atoms with van der Waals surface area (Å²) in [5.74, 6) is 1.02. The second-order valence-electron chi connectivity index (χ2n) is 5.05. The van der Waals surface area contributed by atoms with Crippen LogP contribution in [-0.2, 0) is 0 Å². The van der Waals surface area contributed by atoms with Crippen LogP contribution in [0.4, 0.5) is 0 Å². The van der Waals surface area contributed by atoms with Gasteiger partial charge in [-0.2, -0.15) is 0 Å². The zero-order chi connectivity index (χ0) is 12.6. The number of nitrogens with zero attached hydrogens (tertiary/aromatic N) is 2. The molecule has 1 N–H and O–H groups in total. The molecule has 0 saturated heterocycles. The van der Waals surface area contributed by atoms with Gasteiger partial charge >= 0.3 is 5.97 Å². The molecule has 4 nitrogen and oxygen atoms in total. The molecule has 1 heterocycles. The number of carboxylic acid groups (broad SMARTS) is 1. The molecule has 1 aliphatic carbocycles. The Kier molecular flexibility index (Phi) is 3.13. The molecule has 1 aliphatic rings. The first-order valence-corrected chi connectivity index (χ1v) is 6.07. The summed E-state index contributed by atoms with van der Waals surface area (Å²) in [5.41, 5.74) is 1.42. The fourth-order valence-corrected chi connectivity index (χ4v) is 2.68. The summed E-state index contributed by atoms with van der Waals surface area (Å²) in [6.45, 7) is 5.74. The number of carbonyl (C=O) groups is 1. The van der Waals surface area contributed by atoms with Crippen LogP contribution in [-0.4, -0.2) is 21.0 Å². The second kappa shape index (κ2) is 4.43. The van der Waals surface area contributed by atoms with Gasteiger partial charge in [-0.3, -0.25) is 0 Å². The van der Waals surface area contributed by atoms with Gasteiger partial charge in [0, 0.05) is 5.92 Å². The molecule has 1 aromatic heterocycles. The summed E-state index contributed by atoms with van der Waals surface area (Å²) in [6, 6.07) is 0. The second-order valence-corrected chi connectivity index (χ2v) is 5.05. The predicted molar refractivity (Wildman–Crippen MR) is 64.2 cm³/mol. The molecule has 1 aromatic rings. The number of aromatic carboxylic acids is 1. The van der Waals surface area contributed by atoms with Crippen LogP contribution in [0.5, 0.6) is 0 Å². The zero-order valence-corrected chi connectivity index (χ0v) is 10.5. The lowest BCUT2D eigenvalue weighted by molar-refractivity contribution is 0.0694. The number of carboxylic acids is 1. The third-order valence-corrected chi connectivity index (χ3v) is 3.56. The average molecular weight is 234 g/mol. The van der Waals surface area contributed by atoms with E-state index in [1.165, 1.54) is 6.42 Å². The minimum atomic E-state index is -0.939. The lowest BCUT2D eigenvalue weighted by Crippen LogP contribution is -2.12. The Bertz CT molecular complexity index is 434. The maximum Gasteiger partial charge on any atom is 0.339 e. The van der Waals surface area contributed by atoms with Crippen LogP contribution < -0.4 is 0 Å². The fraction of sp³-hybridized carbons (Fsp3) is 0.615. The van der Waals surface area contributed by atoms with Gasteiger partial charge in [-0.25, -0.2) is 14.8 Å². The summed E-state index contributed by atoms with van der Waals surface area (Å²) in [5, 5.41) is 9.06. The van der Waals surface area contributed by atoms with Crippen molar-refractivity contribution in [3.8, 4) is 0 Å².